The molecule has 1 rings (SSSR count). The highest BCUT2D eigenvalue weighted by Gasteiger charge is 2.18. The summed E-state index contributed by atoms with van der Waals surface area (Å²) in [7, 11) is 0. The third-order valence-corrected chi connectivity index (χ3v) is 1.48. The fourth-order valence-electron chi connectivity index (χ4n) is 0.718. The first kappa shape index (κ1) is 6.78. The van der Waals surface area contributed by atoms with E-state index in [1.807, 2.05) is 13.0 Å². The van der Waals surface area contributed by atoms with Crippen LogP contribution in [0.4, 0.5) is 0 Å². The third kappa shape index (κ3) is 1.80. The Morgan fingerprint density at radius 1 is 1.78 bits per heavy atom. The van der Waals surface area contributed by atoms with Crippen LogP contribution >= 0.6 is 0 Å². The summed E-state index contributed by atoms with van der Waals surface area (Å²) < 4.78 is 5.45. The van der Waals surface area contributed by atoms with Gasteiger partial charge in [-0.3, -0.25) is 0 Å². The van der Waals surface area contributed by atoms with Crippen LogP contribution < -0.4 is 5.32 Å². The summed E-state index contributed by atoms with van der Waals surface area (Å²) in [6, 6.07) is 0. The lowest BCUT2D eigenvalue weighted by atomic mass is 10.2. The van der Waals surface area contributed by atoms with Gasteiger partial charge in [-0.2, -0.15) is 0 Å². The van der Waals surface area contributed by atoms with Gasteiger partial charge < -0.3 is 10.1 Å². The Morgan fingerprint density at radius 3 is 2.78 bits per heavy atom. The van der Waals surface area contributed by atoms with Crippen LogP contribution in [-0.4, -0.2) is 25.3 Å². The van der Waals surface area contributed by atoms with Gasteiger partial charge in [0.1, 0.15) is 0 Å². The lowest BCUT2D eigenvalue weighted by Crippen LogP contribution is -2.49. The van der Waals surface area contributed by atoms with Gasteiger partial charge in [-0.25, -0.2) is 0 Å². The summed E-state index contributed by atoms with van der Waals surface area (Å²) in [6.07, 6.45) is 2.45. The first-order chi connectivity index (χ1) is 4.33. The van der Waals surface area contributed by atoms with Gasteiger partial charge in [-0.15, -0.1) is 6.58 Å². The molecule has 1 aliphatic heterocycles. The monoisotopic (exact) mass is 127 g/mol. The van der Waals surface area contributed by atoms with Gasteiger partial charge in [0.25, 0.3) is 0 Å². The molecule has 1 aliphatic rings. The number of ether oxygens (including phenoxy) is 1. The second-order valence-corrected chi connectivity index (χ2v) is 2.36. The molecule has 9 heavy (non-hydrogen) atoms. The molecule has 0 spiro atoms. The molecule has 2 heteroatoms. The molecule has 2 nitrogen and oxygen atoms in total. The molecule has 0 saturated carbocycles. The maximum Gasteiger partial charge on any atom is 0.0831 e. The Kier molecular flexibility index (Phi) is 2.25. The number of rotatable bonds is 3. The largest absolute Gasteiger partial charge is 0.369 e. The van der Waals surface area contributed by atoms with E-state index in [4.69, 9.17) is 4.74 Å². The van der Waals surface area contributed by atoms with E-state index in [9.17, 15) is 0 Å². The predicted octanol–water partition coefficient (Wildman–Crippen LogP) is 0.549. The smallest absolute Gasteiger partial charge is 0.0831 e. The molecule has 0 aromatic heterocycles. The minimum atomic E-state index is 0.206. The average molecular weight is 127 g/mol. The second kappa shape index (κ2) is 2.99. The normalized spacial score (nSPS) is 22.8. The molecule has 52 valence electrons. The number of nitrogens with one attached hydrogen (secondary N) is 1. The lowest BCUT2D eigenvalue weighted by molar-refractivity contribution is -0.00720. The zero-order valence-electron chi connectivity index (χ0n) is 5.76. The van der Waals surface area contributed by atoms with Crippen LogP contribution in [0, 0.1) is 0 Å². The molecule has 0 radical (unpaired) electrons. The molecule has 0 amide bonds. The topological polar surface area (TPSA) is 21.3 Å². The lowest BCUT2D eigenvalue weighted by Gasteiger charge is -2.28. The van der Waals surface area contributed by atoms with Crippen molar-refractivity contribution in [2.45, 2.75) is 19.1 Å². The first-order valence-electron chi connectivity index (χ1n) is 3.31. The summed E-state index contributed by atoms with van der Waals surface area (Å²) in [4.78, 5) is 0. The van der Waals surface area contributed by atoms with E-state index in [1.165, 1.54) is 0 Å². The average Bonchev–Trinajstić information content (AvgIpc) is 1.78. The molecule has 0 aliphatic carbocycles. The van der Waals surface area contributed by atoms with Crippen LogP contribution in [-0.2, 0) is 4.74 Å². The van der Waals surface area contributed by atoms with Gasteiger partial charge in [0, 0.05) is 13.1 Å². The number of hydrogen-bond donors (Lipinski definition) is 1. The van der Waals surface area contributed by atoms with Crippen LogP contribution in [0.25, 0.3) is 0 Å². The van der Waals surface area contributed by atoms with Crippen molar-refractivity contribution < 1.29 is 4.74 Å². The van der Waals surface area contributed by atoms with E-state index in [-0.39, 0.29) is 6.10 Å². The number of hydrogen-bond acceptors (Lipinski definition) is 2. The maximum absolute atomic E-state index is 5.45. The summed E-state index contributed by atoms with van der Waals surface area (Å²) >= 11 is 0. The highest BCUT2D eigenvalue weighted by Crippen LogP contribution is 2.02. The molecular formula is C7H13NO. The zero-order chi connectivity index (χ0) is 6.69. The van der Waals surface area contributed by atoms with E-state index in [0.717, 1.165) is 13.1 Å². The van der Waals surface area contributed by atoms with Gasteiger partial charge in [-0.1, -0.05) is 6.08 Å². The third-order valence-electron chi connectivity index (χ3n) is 1.48. The fourth-order valence-corrected chi connectivity index (χ4v) is 0.718. The van der Waals surface area contributed by atoms with Crippen molar-refractivity contribution in [2.24, 2.45) is 0 Å². The molecule has 1 N–H and O–H groups in total. The van der Waals surface area contributed by atoms with E-state index in [1.54, 1.807) is 0 Å². The minimum absolute atomic E-state index is 0.206. The van der Waals surface area contributed by atoms with Crippen molar-refractivity contribution in [3.8, 4) is 0 Å². The SMILES string of the molecule is C=CC(C)OC1CNC1. The molecule has 1 fully saturated rings. The zero-order valence-corrected chi connectivity index (χ0v) is 5.76. The second-order valence-electron chi connectivity index (χ2n) is 2.36. The van der Waals surface area contributed by atoms with E-state index in [2.05, 4.69) is 11.9 Å². The quantitative estimate of drug-likeness (QED) is 0.559. The van der Waals surface area contributed by atoms with Crippen molar-refractivity contribution in [3.63, 3.8) is 0 Å². The maximum atomic E-state index is 5.45. The van der Waals surface area contributed by atoms with Gasteiger partial charge in [0.15, 0.2) is 0 Å². The fraction of sp³-hybridized carbons (Fsp3) is 0.714. The minimum Gasteiger partial charge on any atom is -0.369 e. The Balaban J connectivity index is 2.08. The molecule has 1 saturated heterocycles. The van der Waals surface area contributed by atoms with Crippen LogP contribution in [0.5, 0.6) is 0 Å². The molecule has 0 bridgehead atoms. The van der Waals surface area contributed by atoms with Crippen molar-refractivity contribution in [1.82, 2.24) is 5.32 Å². The summed E-state index contributed by atoms with van der Waals surface area (Å²) in [5.41, 5.74) is 0. The molecule has 0 aromatic rings. The van der Waals surface area contributed by atoms with Crippen molar-refractivity contribution in [1.29, 1.82) is 0 Å². The predicted molar refractivity (Wildman–Crippen MR) is 37.4 cm³/mol. The Labute approximate surface area is 55.9 Å². The molecule has 0 aromatic carbocycles. The van der Waals surface area contributed by atoms with Gasteiger partial charge in [0.05, 0.1) is 12.2 Å². The summed E-state index contributed by atoms with van der Waals surface area (Å²) in [6.45, 7) is 7.63. The van der Waals surface area contributed by atoms with Gasteiger partial charge in [-0.05, 0) is 6.92 Å². The van der Waals surface area contributed by atoms with Gasteiger partial charge >= 0.3 is 0 Å². The van der Waals surface area contributed by atoms with Crippen molar-refractivity contribution in [2.75, 3.05) is 13.1 Å². The van der Waals surface area contributed by atoms with E-state index < -0.39 is 0 Å². The summed E-state index contributed by atoms with van der Waals surface area (Å²) in [5, 5.41) is 3.13. The van der Waals surface area contributed by atoms with E-state index in [0.29, 0.717) is 6.10 Å². The first-order valence-corrected chi connectivity index (χ1v) is 3.31. The highest BCUT2D eigenvalue weighted by molar-refractivity contribution is 4.81. The standard InChI is InChI=1S/C7H13NO/c1-3-6(2)9-7-4-8-5-7/h3,6-8H,1,4-5H2,2H3. The van der Waals surface area contributed by atoms with Crippen LogP contribution in [0.3, 0.4) is 0 Å². The van der Waals surface area contributed by atoms with Crippen LogP contribution in [0.2, 0.25) is 0 Å². The Bertz CT molecular complexity index is 99.1. The van der Waals surface area contributed by atoms with Crippen LogP contribution in [0.15, 0.2) is 12.7 Å². The molecular weight excluding hydrogens is 114 g/mol. The van der Waals surface area contributed by atoms with E-state index >= 15 is 0 Å². The highest BCUT2D eigenvalue weighted by atomic mass is 16.5. The Hall–Kier alpha value is -0.340. The molecule has 1 heterocycles. The van der Waals surface area contributed by atoms with Crippen molar-refractivity contribution >= 4 is 0 Å². The van der Waals surface area contributed by atoms with Gasteiger partial charge in [0.2, 0.25) is 0 Å². The molecule has 1 atom stereocenters. The summed E-state index contributed by atoms with van der Waals surface area (Å²) in [5.74, 6) is 0. The molecule has 1 unspecified atom stereocenters. The van der Waals surface area contributed by atoms with Crippen LogP contribution in [0.1, 0.15) is 6.92 Å². The Morgan fingerprint density at radius 2 is 2.44 bits per heavy atom. The van der Waals surface area contributed by atoms with Crippen molar-refractivity contribution in [3.05, 3.63) is 12.7 Å².